The van der Waals surface area contributed by atoms with Crippen LogP contribution in [0.5, 0.6) is 0 Å². The van der Waals surface area contributed by atoms with E-state index in [0.29, 0.717) is 0 Å². The number of rotatable bonds is 5. The number of benzene rings is 5. The lowest BCUT2D eigenvalue weighted by atomic mass is 10.4. The van der Waals surface area contributed by atoms with Crippen LogP contribution in [0.3, 0.4) is 0 Å². The third kappa shape index (κ3) is 4.16. The summed E-state index contributed by atoms with van der Waals surface area (Å²) >= 11 is 0. The molecule has 36 heavy (non-hydrogen) atoms. The largest absolute Gasteiger partial charge is 0.222 e. The first-order valence-electron chi connectivity index (χ1n) is 11.8. The Morgan fingerprint density at radius 1 is 0.389 bits per heavy atom. The molecule has 6 rings (SSSR count). The Morgan fingerprint density at radius 3 is 1.11 bits per heavy atom. The second kappa shape index (κ2) is 9.99. The highest BCUT2D eigenvalue weighted by Crippen LogP contribution is 2.66. The molecule has 1 atom stereocenters. The second-order valence-corrected chi connectivity index (χ2v) is 15.9. The van der Waals surface area contributed by atoms with Crippen molar-refractivity contribution >= 4 is 46.5 Å². The zero-order valence-electron chi connectivity index (χ0n) is 19.6. The van der Waals surface area contributed by atoms with E-state index < -0.39 is 25.3 Å². The average molecular weight is 522 g/mol. The van der Waals surface area contributed by atoms with Gasteiger partial charge in [-0.25, -0.2) is 4.52 Å². The summed E-state index contributed by atoms with van der Waals surface area (Å²) < 4.78 is 17.1. The van der Waals surface area contributed by atoms with E-state index in [9.17, 15) is 0 Å². The van der Waals surface area contributed by atoms with Crippen LogP contribution in [0.15, 0.2) is 169 Å². The van der Waals surface area contributed by atoms with Crippen LogP contribution in [0, 0.1) is 0 Å². The molecular formula is C30H25N3P2S. The first-order chi connectivity index (χ1) is 17.8. The Bertz CT molecular complexity index is 1450. The summed E-state index contributed by atoms with van der Waals surface area (Å²) in [5, 5.41) is 4.65. The van der Waals surface area contributed by atoms with E-state index in [-0.39, 0.29) is 0 Å². The summed E-state index contributed by atoms with van der Waals surface area (Å²) in [6.45, 7) is 0. The zero-order chi connectivity index (χ0) is 24.3. The third-order valence-electron chi connectivity index (χ3n) is 6.07. The van der Waals surface area contributed by atoms with Crippen molar-refractivity contribution in [1.82, 2.24) is 0 Å². The molecule has 0 aliphatic carbocycles. The van der Waals surface area contributed by atoms with Gasteiger partial charge in [-0.3, -0.25) is 0 Å². The van der Waals surface area contributed by atoms with Gasteiger partial charge in [0, 0.05) is 26.1 Å². The lowest BCUT2D eigenvalue weighted by molar-refractivity contribution is 1.44. The Balaban J connectivity index is 1.83. The van der Waals surface area contributed by atoms with Crippen molar-refractivity contribution in [2.24, 2.45) is 12.8 Å². The van der Waals surface area contributed by atoms with Crippen LogP contribution in [-0.2, 0) is 10.9 Å². The molecule has 0 spiro atoms. The van der Waals surface area contributed by atoms with Crippen molar-refractivity contribution in [1.29, 1.82) is 0 Å². The minimum atomic E-state index is -2.55. The van der Waals surface area contributed by atoms with Crippen molar-refractivity contribution in [3.63, 3.8) is 0 Å². The summed E-state index contributed by atoms with van der Waals surface area (Å²) in [5.41, 5.74) is 0. The minimum Gasteiger partial charge on any atom is -0.222 e. The van der Waals surface area contributed by atoms with Gasteiger partial charge in [0.25, 0.3) is 0 Å². The third-order valence-corrected chi connectivity index (χ3v) is 16.0. The van der Waals surface area contributed by atoms with Crippen molar-refractivity contribution < 1.29 is 0 Å². The van der Waals surface area contributed by atoms with Crippen LogP contribution in [0.4, 0.5) is 0 Å². The molecule has 0 radical (unpaired) electrons. The first-order valence-corrected chi connectivity index (χ1v) is 16.3. The molecule has 0 amide bonds. The normalized spacial score (nSPS) is 17.7. The number of hydrogen-bond donors (Lipinski definition) is 0. The van der Waals surface area contributed by atoms with Crippen LogP contribution in [0.1, 0.15) is 0 Å². The Labute approximate surface area is 215 Å². The Hall–Kier alpha value is -3.29. The monoisotopic (exact) mass is 521 g/mol. The van der Waals surface area contributed by atoms with E-state index in [1.165, 1.54) is 0 Å². The van der Waals surface area contributed by atoms with Gasteiger partial charge in [-0.05, 0) is 12.1 Å². The summed E-state index contributed by atoms with van der Waals surface area (Å²) in [5.74, 6) is 0. The minimum absolute atomic E-state index is 0.694. The Morgan fingerprint density at radius 2 is 0.722 bits per heavy atom. The Kier molecular flexibility index (Phi) is 6.42. The first kappa shape index (κ1) is 23.1. The SMILES string of the molecule is c1ccc(S2=NP(c3ccccc3)(c3ccccc3)=NP(c3ccccc3)(c3ccccc3)=N2)cc1. The summed E-state index contributed by atoms with van der Waals surface area (Å²) in [6, 6.07) is 53.1. The van der Waals surface area contributed by atoms with E-state index in [2.05, 4.69) is 152 Å². The van der Waals surface area contributed by atoms with Crippen molar-refractivity contribution in [2.45, 2.75) is 4.90 Å². The highest BCUT2D eigenvalue weighted by molar-refractivity contribution is 8.03. The molecular weight excluding hydrogens is 496 g/mol. The molecule has 6 heteroatoms. The van der Waals surface area contributed by atoms with Crippen LogP contribution in [-0.4, -0.2) is 0 Å². The predicted octanol–water partition coefficient (Wildman–Crippen LogP) is 7.31. The van der Waals surface area contributed by atoms with Crippen LogP contribution in [0.25, 0.3) is 0 Å². The standard InChI is InChI=1S/C30H25N3P2S/c1-6-16-26(17-7-1)34(27-18-8-2-9-19-27)31-35(28-20-10-3-11-21-28,29-22-12-4-13-23-29)33-36(32-34)30-24-14-5-15-25-30/h1-25H. The van der Waals surface area contributed by atoms with Crippen LogP contribution >= 0.6 is 14.4 Å². The van der Waals surface area contributed by atoms with E-state index in [0.717, 1.165) is 26.1 Å². The summed E-state index contributed by atoms with van der Waals surface area (Å²) in [6.07, 6.45) is 0. The van der Waals surface area contributed by atoms with Gasteiger partial charge in [-0.2, -0.15) is 8.28 Å². The maximum Gasteiger partial charge on any atom is 0.146 e. The fourth-order valence-corrected chi connectivity index (χ4v) is 16.2. The molecule has 1 aliphatic heterocycles. The average Bonchev–Trinajstić information content (AvgIpc) is 2.99. The molecule has 0 bridgehead atoms. The molecule has 0 fully saturated rings. The smallest absolute Gasteiger partial charge is 0.146 e. The highest BCUT2D eigenvalue weighted by Gasteiger charge is 2.36. The lowest BCUT2D eigenvalue weighted by Gasteiger charge is -2.32. The summed E-state index contributed by atoms with van der Waals surface area (Å²) in [7, 11) is -5.80. The van der Waals surface area contributed by atoms with Crippen molar-refractivity contribution in [3.8, 4) is 0 Å². The van der Waals surface area contributed by atoms with Gasteiger partial charge in [-0.15, -0.1) is 0 Å². The quantitative estimate of drug-likeness (QED) is 0.218. The van der Waals surface area contributed by atoms with E-state index in [1.54, 1.807) is 0 Å². The summed E-state index contributed by atoms with van der Waals surface area (Å²) in [4.78, 5) is 1.12. The predicted molar refractivity (Wildman–Crippen MR) is 158 cm³/mol. The maximum atomic E-state index is 5.90. The van der Waals surface area contributed by atoms with E-state index in [4.69, 9.17) is 12.8 Å². The lowest BCUT2D eigenvalue weighted by Crippen LogP contribution is -2.21. The molecule has 0 N–H and O–H groups in total. The molecule has 0 saturated heterocycles. The van der Waals surface area contributed by atoms with Crippen LogP contribution < -0.4 is 21.2 Å². The molecule has 1 unspecified atom stereocenters. The number of nitrogens with zero attached hydrogens (tertiary/aromatic N) is 3. The van der Waals surface area contributed by atoms with Gasteiger partial charge >= 0.3 is 0 Å². The molecule has 3 nitrogen and oxygen atoms in total. The van der Waals surface area contributed by atoms with Gasteiger partial charge in [0.05, 0.1) is 10.9 Å². The second-order valence-electron chi connectivity index (χ2n) is 8.37. The van der Waals surface area contributed by atoms with Gasteiger partial charge in [0.2, 0.25) is 0 Å². The van der Waals surface area contributed by atoms with Gasteiger partial charge in [-0.1, -0.05) is 140 Å². The molecule has 1 heterocycles. The van der Waals surface area contributed by atoms with Gasteiger partial charge in [0.1, 0.15) is 14.4 Å². The van der Waals surface area contributed by atoms with Crippen molar-refractivity contribution in [2.75, 3.05) is 0 Å². The molecule has 5 aromatic rings. The molecule has 176 valence electrons. The van der Waals surface area contributed by atoms with E-state index in [1.807, 2.05) is 0 Å². The maximum absolute atomic E-state index is 5.90. The number of hydrogen-bond acceptors (Lipinski definition) is 3. The molecule has 0 saturated carbocycles. The van der Waals surface area contributed by atoms with Gasteiger partial charge < -0.3 is 0 Å². The molecule has 0 aromatic heterocycles. The van der Waals surface area contributed by atoms with Gasteiger partial charge in [0.15, 0.2) is 0 Å². The van der Waals surface area contributed by atoms with Crippen LogP contribution in [0.2, 0.25) is 0 Å². The molecule has 5 aromatic carbocycles. The molecule has 1 aliphatic rings. The highest BCUT2D eigenvalue weighted by atomic mass is 32.2. The topological polar surface area (TPSA) is 37.1 Å². The fourth-order valence-electron chi connectivity index (χ4n) is 4.33. The van der Waals surface area contributed by atoms with Crippen molar-refractivity contribution in [3.05, 3.63) is 152 Å². The zero-order valence-corrected chi connectivity index (χ0v) is 22.2. The fraction of sp³-hybridized carbons (Fsp3) is 0. The van der Waals surface area contributed by atoms with E-state index >= 15 is 0 Å².